The summed E-state index contributed by atoms with van der Waals surface area (Å²) in [5, 5.41) is 29.8. The Hall–Kier alpha value is -1.88. The lowest BCUT2D eigenvalue weighted by molar-refractivity contribution is -0.250. The maximum absolute atomic E-state index is 15.3. The van der Waals surface area contributed by atoms with Gasteiger partial charge in [0.1, 0.15) is 18.0 Å². The highest BCUT2D eigenvalue weighted by molar-refractivity contribution is 5.87. The average Bonchev–Trinajstić information content (AvgIpc) is 2.88. The smallest absolute Gasteiger partial charge is 0.352 e. The molecule has 4 atom stereocenters. The minimum Gasteiger partial charge on any atom is -0.394 e. The number of hydrogen-bond donors (Lipinski definition) is 4. The molecule has 1 fully saturated rings. The van der Waals surface area contributed by atoms with Crippen molar-refractivity contribution in [1.29, 1.82) is 0 Å². The van der Waals surface area contributed by atoms with Gasteiger partial charge in [0.05, 0.1) is 6.61 Å². The third-order valence-electron chi connectivity index (χ3n) is 5.27. The summed E-state index contributed by atoms with van der Waals surface area (Å²) in [6.07, 6.45) is 3.30. The van der Waals surface area contributed by atoms with Crippen molar-refractivity contribution < 1.29 is 29.2 Å². The van der Waals surface area contributed by atoms with Crippen LogP contribution in [0.1, 0.15) is 58.3 Å². The number of alkyl halides is 1. The molecule has 0 unspecified atom stereocenters. The highest BCUT2D eigenvalue weighted by Crippen LogP contribution is 2.45. The lowest BCUT2D eigenvalue weighted by Gasteiger charge is -2.35. The summed E-state index contributed by atoms with van der Waals surface area (Å²) in [7, 11) is 0. The Kier molecular flexibility index (Phi) is 7.87. The first-order valence-corrected chi connectivity index (χ1v) is 9.99. The standard InChI is InChI=1S/C19H30FN3O6/c1-2-3-4-5-6-7-8-9-14(25)19(23-11-10-15(21)22-17(23)27)18(20,28)16(26)13(12-24)29-19/h10-11,13,16,24,26,28H,2-9,12H2,1H3,(H2,21,22,27)/t13-,16-,18-,19-/m1/s1. The summed E-state index contributed by atoms with van der Waals surface area (Å²) in [6, 6.07) is 1.14. The highest BCUT2D eigenvalue weighted by atomic mass is 19.2. The molecule has 0 bridgehead atoms. The molecule has 9 nitrogen and oxygen atoms in total. The van der Waals surface area contributed by atoms with Crippen LogP contribution in [0, 0.1) is 0 Å². The maximum atomic E-state index is 15.3. The number of rotatable bonds is 11. The molecule has 0 radical (unpaired) electrons. The van der Waals surface area contributed by atoms with Gasteiger partial charge >= 0.3 is 5.69 Å². The number of nitrogens with two attached hydrogens (primary N) is 1. The molecule has 1 aliphatic heterocycles. The number of halogens is 1. The second-order valence-electron chi connectivity index (χ2n) is 7.40. The number of hydrogen-bond acceptors (Lipinski definition) is 8. The van der Waals surface area contributed by atoms with Gasteiger partial charge in [-0.25, -0.2) is 9.18 Å². The predicted molar refractivity (Wildman–Crippen MR) is 103 cm³/mol. The third-order valence-corrected chi connectivity index (χ3v) is 5.27. The topological polar surface area (TPSA) is 148 Å². The van der Waals surface area contributed by atoms with E-state index in [1.165, 1.54) is 0 Å². The van der Waals surface area contributed by atoms with E-state index < -0.39 is 41.9 Å². The zero-order chi connectivity index (χ0) is 21.7. The minimum atomic E-state index is -3.65. The molecule has 1 aromatic heterocycles. The van der Waals surface area contributed by atoms with Crippen LogP contribution in [0.5, 0.6) is 0 Å². The van der Waals surface area contributed by atoms with Crippen molar-refractivity contribution in [3.63, 3.8) is 0 Å². The molecule has 5 N–H and O–H groups in total. The molecule has 29 heavy (non-hydrogen) atoms. The highest BCUT2D eigenvalue weighted by Gasteiger charge is 2.71. The molecule has 10 heteroatoms. The minimum absolute atomic E-state index is 0.166. The number of unbranched alkanes of at least 4 members (excludes halogenated alkanes) is 6. The van der Waals surface area contributed by atoms with E-state index in [-0.39, 0.29) is 12.2 Å². The molecule has 0 amide bonds. The molecule has 0 aromatic carbocycles. The first kappa shape index (κ1) is 23.4. The van der Waals surface area contributed by atoms with E-state index in [9.17, 15) is 24.9 Å². The van der Waals surface area contributed by atoms with Gasteiger partial charge in [-0.15, -0.1) is 0 Å². The van der Waals surface area contributed by atoms with Crippen LogP contribution in [0.25, 0.3) is 0 Å². The molecule has 1 saturated heterocycles. The van der Waals surface area contributed by atoms with Gasteiger partial charge in [-0.2, -0.15) is 4.98 Å². The molecular weight excluding hydrogens is 385 g/mol. The summed E-state index contributed by atoms with van der Waals surface area (Å²) in [4.78, 5) is 28.8. The molecule has 2 heterocycles. The number of ether oxygens (including phenoxy) is 1. The number of nitrogen functional groups attached to an aromatic ring is 1. The molecule has 164 valence electrons. The number of carbonyl (C=O) groups excluding carboxylic acids is 1. The summed E-state index contributed by atoms with van der Waals surface area (Å²) >= 11 is 0. The number of carbonyl (C=O) groups is 1. The monoisotopic (exact) mass is 415 g/mol. The van der Waals surface area contributed by atoms with Crippen LogP contribution >= 0.6 is 0 Å². The first-order chi connectivity index (χ1) is 13.7. The first-order valence-electron chi connectivity index (χ1n) is 9.99. The van der Waals surface area contributed by atoms with E-state index in [0.29, 0.717) is 17.4 Å². The molecular formula is C19H30FN3O6. The third kappa shape index (κ3) is 4.50. The van der Waals surface area contributed by atoms with E-state index >= 15 is 4.39 Å². The summed E-state index contributed by atoms with van der Waals surface area (Å²) in [5.41, 5.74) is 1.46. The van der Waals surface area contributed by atoms with Crippen LogP contribution < -0.4 is 11.4 Å². The lowest BCUT2D eigenvalue weighted by Crippen LogP contribution is -2.62. The Labute approximate surface area is 168 Å². The fourth-order valence-corrected chi connectivity index (χ4v) is 3.64. The summed E-state index contributed by atoms with van der Waals surface area (Å²) in [6.45, 7) is 1.25. The van der Waals surface area contributed by atoms with Crippen molar-refractivity contribution in [3.8, 4) is 0 Å². The zero-order valence-electron chi connectivity index (χ0n) is 16.6. The Morgan fingerprint density at radius 3 is 2.48 bits per heavy atom. The Morgan fingerprint density at radius 1 is 1.31 bits per heavy atom. The normalized spacial score (nSPS) is 29.3. The van der Waals surface area contributed by atoms with Gasteiger partial charge in [-0.05, 0) is 12.5 Å². The van der Waals surface area contributed by atoms with Crippen molar-refractivity contribution in [3.05, 3.63) is 22.7 Å². The number of aromatic nitrogens is 2. The van der Waals surface area contributed by atoms with Crippen LogP contribution in [0.4, 0.5) is 10.2 Å². The van der Waals surface area contributed by atoms with Crippen molar-refractivity contribution in [2.75, 3.05) is 12.3 Å². The second kappa shape index (κ2) is 9.75. The van der Waals surface area contributed by atoms with Crippen LogP contribution in [-0.2, 0) is 15.3 Å². The van der Waals surface area contributed by atoms with Gasteiger partial charge in [0.25, 0.3) is 11.6 Å². The number of aliphatic hydroxyl groups excluding tert-OH is 2. The average molecular weight is 415 g/mol. The predicted octanol–water partition coefficient (Wildman–Crippen LogP) is 0.598. The van der Waals surface area contributed by atoms with Gasteiger partial charge in [0.15, 0.2) is 5.78 Å². The van der Waals surface area contributed by atoms with Gasteiger partial charge in [0, 0.05) is 12.6 Å². The number of anilines is 1. The Bertz CT molecular complexity index is 756. The number of nitrogens with zero attached hydrogens (tertiary/aromatic N) is 2. The fraction of sp³-hybridized carbons (Fsp3) is 0.737. The summed E-state index contributed by atoms with van der Waals surface area (Å²) in [5.74, 6) is -4.75. The van der Waals surface area contributed by atoms with Crippen molar-refractivity contribution in [2.24, 2.45) is 0 Å². The number of aliphatic hydroxyl groups is 3. The van der Waals surface area contributed by atoms with Crippen LogP contribution in [0.2, 0.25) is 0 Å². The van der Waals surface area contributed by atoms with Crippen molar-refractivity contribution >= 4 is 11.6 Å². The summed E-state index contributed by atoms with van der Waals surface area (Å²) < 4.78 is 21.1. The van der Waals surface area contributed by atoms with E-state index in [2.05, 4.69) is 11.9 Å². The molecule has 0 aliphatic carbocycles. The SMILES string of the molecule is CCCCCCCCCC(=O)[C@@]1(n2ccc(N)nc2=O)O[C@H](CO)[C@@H](O)[C@]1(O)F. The molecule has 2 rings (SSSR count). The Morgan fingerprint density at radius 2 is 1.93 bits per heavy atom. The number of ketones is 1. The van der Waals surface area contributed by atoms with Crippen LogP contribution in [-0.4, -0.2) is 55.3 Å². The molecule has 1 aliphatic rings. The van der Waals surface area contributed by atoms with Gasteiger partial charge in [-0.3, -0.25) is 9.36 Å². The van der Waals surface area contributed by atoms with E-state index in [1.807, 2.05) is 0 Å². The lowest BCUT2D eigenvalue weighted by atomic mass is 9.92. The number of Topliss-reactive ketones (excluding diaryl/α,β-unsaturated/α-hetero) is 1. The van der Waals surface area contributed by atoms with Crippen LogP contribution in [0.15, 0.2) is 17.1 Å². The van der Waals surface area contributed by atoms with Crippen molar-refractivity contribution in [1.82, 2.24) is 9.55 Å². The molecule has 0 spiro atoms. The zero-order valence-corrected chi connectivity index (χ0v) is 16.6. The molecule has 0 saturated carbocycles. The maximum Gasteiger partial charge on any atom is 0.352 e. The Balaban J connectivity index is 2.27. The van der Waals surface area contributed by atoms with Crippen molar-refractivity contribution in [2.45, 2.75) is 82.1 Å². The van der Waals surface area contributed by atoms with Crippen LogP contribution in [0.3, 0.4) is 0 Å². The van der Waals surface area contributed by atoms with Gasteiger partial charge in [-0.1, -0.05) is 45.4 Å². The van der Waals surface area contributed by atoms with Gasteiger partial charge < -0.3 is 25.8 Å². The quantitative estimate of drug-likeness (QED) is 0.384. The fourth-order valence-electron chi connectivity index (χ4n) is 3.64. The second-order valence-corrected chi connectivity index (χ2v) is 7.40. The molecule has 1 aromatic rings. The van der Waals surface area contributed by atoms with E-state index in [0.717, 1.165) is 44.4 Å². The largest absolute Gasteiger partial charge is 0.394 e. The van der Waals surface area contributed by atoms with E-state index in [1.54, 1.807) is 0 Å². The van der Waals surface area contributed by atoms with E-state index in [4.69, 9.17) is 10.5 Å². The van der Waals surface area contributed by atoms with Gasteiger partial charge in [0.2, 0.25) is 0 Å².